The summed E-state index contributed by atoms with van der Waals surface area (Å²) in [5.41, 5.74) is 3.87. The SMILES string of the molecule is Cc1ccc(-c2ccc(Br)c(Br)c2C#N)cc1. The summed E-state index contributed by atoms with van der Waals surface area (Å²) >= 11 is 6.84. The van der Waals surface area contributed by atoms with Crippen LogP contribution in [-0.4, -0.2) is 0 Å². The van der Waals surface area contributed by atoms with Crippen molar-refractivity contribution in [2.45, 2.75) is 6.92 Å². The average Bonchev–Trinajstić information content (AvgIpc) is 2.34. The first-order chi connectivity index (χ1) is 8.13. The van der Waals surface area contributed by atoms with Gasteiger partial charge in [-0.3, -0.25) is 0 Å². The van der Waals surface area contributed by atoms with E-state index in [0.717, 1.165) is 20.1 Å². The fourth-order valence-corrected chi connectivity index (χ4v) is 2.40. The van der Waals surface area contributed by atoms with Gasteiger partial charge in [0.05, 0.1) is 10.0 Å². The zero-order valence-corrected chi connectivity index (χ0v) is 12.3. The molecule has 0 saturated carbocycles. The van der Waals surface area contributed by atoms with E-state index in [1.807, 2.05) is 43.3 Å². The highest BCUT2D eigenvalue weighted by Gasteiger charge is 2.10. The molecule has 0 aliphatic heterocycles. The summed E-state index contributed by atoms with van der Waals surface area (Å²) in [4.78, 5) is 0. The van der Waals surface area contributed by atoms with Gasteiger partial charge >= 0.3 is 0 Å². The van der Waals surface area contributed by atoms with E-state index >= 15 is 0 Å². The summed E-state index contributed by atoms with van der Waals surface area (Å²) in [6, 6.07) is 14.3. The molecular formula is C14H9Br2N. The normalized spacial score (nSPS) is 10.0. The Bertz CT molecular complexity index is 595. The third-order valence-corrected chi connectivity index (χ3v) is 4.59. The number of aryl methyl sites for hydroxylation is 1. The molecule has 17 heavy (non-hydrogen) atoms. The molecule has 0 bridgehead atoms. The van der Waals surface area contributed by atoms with E-state index in [1.165, 1.54) is 5.56 Å². The second kappa shape index (κ2) is 5.03. The van der Waals surface area contributed by atoms with E-state index < -0.39 is 0 Å². The van der Waals surface area contributed by atoms with Gasteiger partial charge in [0.1, 0.15) is 6.07 Å². The zero-order valence-electron chi connectivity index (χ0n) is 9.17. The lowest BCUT2D eigenvalue weighted by atomic mass is 10.00. The smallest absolute Gasteiger partial charge is 0.101 e. The number of nitrogens with zero attached hydrogens (tertiary/aromatic N) is 1. The van der Waals surface area contributed by atoms with Crippen LogP contribution in [0, 0.1) is 18.3 Å². The molecule has 0 heterocycles. The number of hydrogen-bond donors (Lipinski definition) is 0. The van der Waals surface area contributed by atoms with Gasteiger partial charge in [-0.1, -0.05) is 35.9 Å². The molecule has 0 fully saturated rings. The molecule has 0 aliphatic rings. The number of rotatable bonds is 1. The van der Waals surface area contributed by atoms with Crippen LogP contribution >= 0.6 is 31.9 Å². The third kappa shape index (κ3) is 2.43. The van der Waals surface area contributed by atoms with E-state index in [2.05, 4.69) is 37.9 Å². The lowest BCUT2D eigenvalue weighted by Crippen LogP contribution is -1.87. The van der Waals surface area contributed by atoms with Crippen LogP contribution < -0.4 is 0 Å². The molecule has 0 saturated heterocycles. The minimum atomic E-state index is 0.656. The molecule has 84 valence electrons. The zero-order chi connectivity index (χ0) is 12.4. The van der Waals surface area contributed by atoms with Crippen LogP contribution in [0.3, 0.4) is 0 Å². The summed E-state index contributed by atoms with van der Waals surface area (Å²) < 4.78 is 1.70. The number of hydrogen-bond acceptors (Lipinski definition) is 1. The highest BCUT2D eigenvalue weighted by molar-refractivity contribution is 9.13. The highest BCUT2D eigenvalue weighted by atomic mass is 79.9. The molecular weight excluding hydrogens is 342 g/mol. The second-order valence-electron chi connectivity index (χ2n) is 3.76. The Labute approximate surface area is 117 Å². The molecule has 0 radical (unpaired) electrons. The molecule has 0 unspecified atom stereocenters. The van der Waals surface area contributed by atoms with Crippen molar-refractivity contribution in [1.82, 2.24) is 0 Å². The maximum absolute atomic E-state index is 9.24. The van der Waals surface area contributed by atoms with Crippen molar-refractivity contribution in [3.8, 4) is 17.2 Å². The Morgan fingerprint density at radius 1 is 1.00 bits per heavy atom. The van der Waals surface area contributed by atoms with Crippen molar-refractivity contribution in [2.24, 2.45) is 0 Å². The van der Waals surface area contributed by atoms with Crippen molar-refractivity contribution in [1.29, 1.82) is 5.26 Å². The first kappa shape index (κ1) is 12.3. The first-order valence-corrected chi connectivity index (χ1v) is 6.67. The summed E-state index contributed by atoms with van der Waals surface area (Å²) in [5, 5.41) is 9.24. The van der Waals surface area contributed by atoms with Crippen molar-refractivity contribution in [3.63, 3.8) is 0 Å². The molecule has 0 amide bonds. The van der Waals surface area contributed by atoms with Gasteiger partial charge in [0, 0.05) is 10.0 Å². The van der Waals surface area contributed by atoms with Crippen LogP contribution in [0.4, 0.5) is 0 Å². The predicted molar refractivity (Wildman–Crippen MR) is 76.7 cm³/mol. The molecule has 0 aromatic heterocycles. The molecule has 1 nitrogen and oxygen atoms in total. The van der Waals surface area contributed by atoms with E-state index in [4.69, 9.17) is 0 Å². The van der Waals surface area contributed by atoms with E-state index in [1.54, 1.807) is 0 Å². The van der Waals surface area contributed by atoms with Gasteiger partial charge in [-0.2, -0.15) is 5.26 Å². The minimum absolute atomic E-state index is 0.656. The maximum atomic E-state index is 9.24. The molecule has 0 atom stereocenters. The van der Waals surface area contributed by atoms with Crippen LogP contribution in [0.2, 0.25) is 0 Å². The quantitative estimate of drug-likeness (QED) is 0.705. The Balaban J connectivity index is 2.64. The average molecular weight is 351 g/mol. The number of benzene rings is 2. The molecule has 2 rings (SSSR count). The van der Waals surface area contributed by atoms with Gasteiger partial charge in [0.15, 0.2) is 0 Å². The van der Waals surface area contributed by atoms with Crippen LogP contribution in [0.25, 0.3) is 11.1 Å². The van der Waals surface area contributed by atoms with E-state index in [9.17, 15) is 5.26 Å². The molecule has 3 heteroatoms. The van der Waals surface area contributed by atoms with Gasteiger partial charge in [-0.05, 0) is 50.4 Å². The van der Waals surface area contributed by atoms with Crippen LogP contribution in [0.15, 0.2) is 45.3 Å². The Hall–Kier alpha value is -1.11. The molecule has 0 aliphatic carbocycles. The van der Waals surface area contributed by atoms with Crippen molar-refractivity contribution in [3.05, 3.63) is 56.5 Å². The van der Waals surface area contributed by atoms with E-state index in [0.29, 0.717) is 5.56 Å². The van der Waals surface area contributed by atoms with Gasteiger partial charge in [-0.15, -0.1) is 0 Å². The lowest BCUT2D eigenvalue weighted by Gasteiger charge is -2.07. The Morgan fingerprint density at radius 3 is 2.24 bits per heavy atom. The van der Waals surface area contributed by atoms with Crippen LogP contribution in [-0.2, 0) is 0 Å². The molecule has 2 aromatic carbocycles. The monoisotopic (exact) mass is 349 g/mol. The van der Waals surface area contributed by atoms with Gasteiger partial charge < -0.3 is 0 Å². The largest absolute Gasteiger partial charge is 0.192 e. The maximum Gasteiger partial charge on any atom is 0.101 e. The van der Waals surface area contributed by atoms with Crippen LogP contribution in [0.5, 0.6) is 0 Å². The van der Waals surface area contributed by atoms with Gasteiger partial charge in [0.2, 0.25) is 0 Å². The summed E-state index contributed by atoms with van der Waals surface area (Å²) in [6.45, 7) is 2.05. The standard InChI is InChI=1S/C14H9Br2N/c1-9-2-4-10(5-3-9)11-6-7-13(15)14(16)12(11)8-17/h2-7H,1H3. The minimum Gasteiger partial charge on any atom is -0.192 e. The van der Waals surface area contributed by atoms with E-state index in [-0.39, 0.29) is 0 Å². The Kier molecular flexibility index (Phi) is 3.66. The topological polar surface area (TPSA) is 23.8 Å². The summed E-state index contributed by atoms with van der Waals surface area (Å²) in [5.74, 6) is 0. The van der Waals surface area contributed by atoms with Crippen molar-refractivity contribution < 1.29 is 0 Å². The lowest BCUT2D eigenvalue weighted by molar-refractivity contribution is 1.43. The van der Waals surface area contributed by atoms with Crippen molar-refractivity contribution >= 4 is 31.9 Å². The van der Waals surface area contributed by atoms with Crippen LogP contribution in [0.1, 0.15) is 11.1 Å². The van der Waals surface area contributed by atoms with Crippen molar-refractivity contribution in [2.75, 3.05) is 0 Å². The first-order valence-electron chi connectivity index (χ1n) is 5.08. The summed E-state index contributed by atoms with van der Waals surface area (Å²) in [6.07, 6.45) is 0. The number of halogens is 2. The molecule has 0 N–H and O–H groups in total. The second-order valence-corrected chi connectivity index (χ2v) is 5.41. The predicted octanol–water partition coefficient (Wildman–Crippen LogP) is 5.06. The molecule has 2 aromatic rings. The summed E-state index contributed by atoms with van der Waals surface area (Å²) in [7, 11) is 0. The highest BCUT2D eigenvalue weighted by Crippen LogP contribution is 2.34. The fourth-order valence-electron chi connectivity index (χ4n) is 1.63. The fraction of sp³-hybridized carbons (Fsp3) is 0.0714. The third-order valence-electron chi connectivity index (χ3n) is 2.57. The number of nitriles is 1. The Morgan fingerprint density at radius 2 is 1.65 bits per heavy atom. The van der Waals surface area contributed by atoms with Gasteiger partial charge in [0.25, 0.3) is 0 Å². The molecule has 0 spiro atoms. The van der Waals surface area contributed by atoms with Gasteiger partial charge in [-0.25, -0.2) is 0 Å².